The molecule has 2 aromatic heterocycles. The number of nitrogens with one attached hydrogen (secondary N) is 1. The second kappa shape index (κ2) is 6.60. The van der Waals surface area contributed by atoms with Crippen LogP contribution < -0.4 is 15.0 Å². The number of carbonyl (C=O) groups excluding carboxylic acids is 1. The molecule has 1 amide bonds. The van der Waals surface area contributed by atoms with Gasteiger partial charge in [0.2, 0.25) is 5.91 Å². The van der Waals surface area contributed by atoms with E-state index in [0.29, 0.717) is 18.1 Å². The number of nitrogens with zero attached hydrogens (tertiary/aromatic N) is 4. The van der Waals surface area contributed by atoms with Crippen molar-refractivity contribution in [3.8, 4) is 16.9 Å². The molecule has 0 aliphatic carbocycles. The topological polar surface area (TPSA) is 80.2 Å². The van der Waals surface area contributed by atoms with E-state index in [4.69, 9.17) is 4.74 Å². The number of hydrogen-bond acceptors (Lipinski definition) is 6. The molecule has 0 radical (unpaired) electrons. The number of aromatic nitrogens is 3. The first-order chi connectivity index (χ1) is 13.7. The molecule has 1 unspecified atom stereocenters. The molecule has 0 spiro atoms. The van der Waals surface area contributed by atoms with Crippen molar-refractivity contribution >= 4 is 23.2 Å². The molecule has 28 heavy (non-hydrogen) atoms. The fourth-order valence-corrected chi connectivity index (χ4v) is 3.77. The lowest BCUT2D eigenvalue weighted by Crippen LogP contribution is -2.24. The van der Waals surface area contributed by atoms with E-state index >= 15 is 0 Å². The van der Waals surface area contributed by atoms with E-state index in [-0.39, 0.29) is 12.0 Å². The van der Waals surface area contributed by atoms with E-state index < -0.39 is 0 Å². The van der Waals surface area contributed by atoms with Crippen LogP contribution in [0.5, 0.6) is 5.75 Å². The Morgan fingerprint density at radius 3 is 2.89 bits per heavy atom. The summed E-state index contributed by atoms with van der Waals surface area (Å²) in [7, 11) is 0. The largest absolute Gasteiger partial charge is 0.485 e. The highest BCUT2D eigenvalue weighted by molar-refractivity contribution is 5.96. The summed E-state index contributed by atoms with van der Waals surface area (Å²) >= 11 is 0. The predicted molar refractivity (Wildman–Crippen MR) is 106 cm³/mol. The Morgan fingerprint density at radius 1 is 1.18 bits per heavy atom. The van der Waals surface area contributed by atoms with Crippen LogP contribution in [0.25, 0.3) is 11.1 Å². The Bertz CT molecular complexity index is 1050. The van der Waals surface area contributed by atoms with Crippen LogP contribution in [0.2, 0.25) is 0 Å². The average Bonchev–Trinajstić information content (AvgIpc) is 3.14. The lowest BCUT2D eigenvalue weighted by Gasteiger charge is -2.28. The molecule has 1 fully saturated rings. The summed E-state index contributed by atoms with van der Waals surface area (Å²) in [5.41, 5.74) is 3.98. The van der Waals surface area contributed by atoms with Gasteiger partial charge < -0.3 is 15.0 Å². The first-order valence-electron chi connectivity index (χ1n) is 9.35. The van der Waals surface area contributed by atoms with Crippen LogP contribution in [-0.4, -0.2) is 27.6 Å². The fraction of sp³-hybridized carbons (Fsp3) is 0.238. The third-order valence-corrected chi connectivity index (χ3v) is 5.15. The van der Waals surface area contributed by atoms with Gasteiger partial charge in [-0.15, -0.1) is 5.10 Å². The maximum absolute atomic E-state index is 12.1. The quantitative estimate of drug-likeness (QED) is 0.751. The number of benzene rings is 1. The summed E-state index contributed by atoms with van der Waals surface area (Å²) in [5, 5.41) is 11.1. The van der Waals surface area contributed by atoms with E-state index in [2.05, 4.69) is 20.5 Å². The molecule has 0 saturated carbocycles. The summed E-state index contributed by atoms with van der Waals surface area (Å²) in [6.07, 6.45) is 4.87. The molecule has 0 bridgehead atoms. The zero-order chi connectivity index (χ0) is 19.1. The van der Waals surface area contributed by atoms with Gasteiger partial charge in [-0.2, -0.15) is 5.10 Å². The normalized spacial score (nSPS) is 17.7. The molecule has 3 aromatic rings. The highest BCUT2D eigenvalue weighted by Gasteiger charge is 2.27. The van der Waals surface area contributed by atoms with Gasteiger partial charge in [-0.1, -0.05) is 0 Å². The second-order valence-electron chi connectivity index (χ2n) is 6.98. The van der Waals surface area contributed by atoms with Crippen LogP contribution in [-0.2, 0) is 4.79 Å². The number of rotatable bonds is 3. The van der Waals surface area contributed by atoms with Gasteiger partial charge in [0.1, 0.15) is 17.7 Å². The number of fused-ring (bicyclic) bond motifs is 3. The molecule has 1 aromatic carbocycles. The van der Waals surface area contributed by atoms with Gasteiger partial charge in [0.25, 0.3) is 0 Å². The average molecular weight is 373 g/mol. The minimum Gasteiger partial charge on any atom is -0.485 e. The zero-order valence-corrected chi connectivity index (χ0v) is 15.4. The van der Waals surface area contributed by atoms with Crippen LogP contribution in [0.3, 0.4) is 0 Å². The Morgan fingerprint density at radius 2 is 2.11 bits per heavy atom. The summed E-state index contributed by atoms with van der Waals surface area (Å²) in [4.78, 5) is 18.4. The SMILES string of the molecule is CC1Oc2cc(N3CCCC3=O)ccc2-c2cnc(Nc3cccnn3)cc21. The predicted octanol–water partition coefficient (Wildman–Crippen LogP) is 3.86. The van der Waals surface area contributed by atoms with E-state index in [0.717, 1.165) is 41.1 Å². The molecule has 4 heterocycles. The molecule has 7 nitrogen and oxygen atoms in total. The molecule has 1 N–H and O–H groups in total. The first-order valence-corrected chi connectivity index (χ1v) is 9.35. The molecule has 1 saturated heterocycles. The lowest BCUT2D eigenvalue weighted by molar-refractivity contribution is -0.117. The van der Waals surface area contributed by atoms with Crippen molar-refractivity contribution < 1.29 is 9.53 Å². The van der Waals surface area contributed by atoms with Gasteiger partial charge in [0.15, 0.2) is 5.82 Å². The van der Waals surface area contributed by atoms with E-state index in [1.54, 1.807) is 6.20 Å². The maximum Gasteiger partial charge on any atom is 0.227 e. The molecule has 2 aliphatic heterocycles. The second-order valence-corrected chi connectivity index (χ2v) is 6.98. The van der Waals surface area contributed by atoms with Crippen molar-refractivity contribution in [3.05, 3.63) is 54.4 Å². The standard InChI is InChI=1S/C21H19N5O2/c1-13-16-11-20(24-19-4-2-8-23-25-19)22-12-17(16)15-7-6-14(10-18(15)28-13)26-9-3-5-21(26)27/h2,4,6-8,10-13H,3,5,9H2,1H3,(H,22,24,25). The molecular weight excluding hydrogens is 354 g/mol. The fourth-order valence-electron chi connectivity index (χ4n) is 3.77. The number of amides is 1. The van der Waals surface area contributed by atoms with E-state index in [9.17, 15) is 4.79 Å². The van der Waals surface area contributed by atoms with Gasteiger partial charge >= 0.3 is 0 Å². The van der Waals surface area contributed by atoms with Crippen LogP contribution >= 0.6 is 0 Å². The Kier molecular flexibility index (Phi) is 3.93. The van der Waals surface area contributed by atoms with Gasteiger partial charge in [-0.3, -0.25) is 4.79 Å². The molecule has 140 valence electrons. The monoisotopic (exact) mass is 373 g/mol. The number of ether oxygens (including phenoxy) is 1. The molecule has 5 rings (SSSR count). The first kappa shape index (κ1) is 16.7. The van der Waals surface area contributed by atoms with E-state index in [1.807, 2.05) is 54.4 Å². The van der Waals surface area contributed by atoms with E-state index in [1.165, 1.54) is 0 Å². The summed E-state index contributed by atoms with van der Waals surface area (Å²) < 4.78 is 6.18. The van der Waals surface area contributed by atoms with Crippen LogP contribution in [0.15, 0.2) is 48.8 Å². The minimum absolute atomic E-state index is 0.127. The lowest BCUT2D eigenvalue weighted by atomic mass is 9.94. The van der Waals surface area contributed by atoms with Crippen LogP contribution in [0.1, 0.15) is 31.4 Å². The molecular formula is C21H19N5O2. The van der Waals surface area contributed by atoms with Crippen molar-refractivity contribution in [2.75, 3.05) is 16.8 Å². The Hall–Kier alpha value is -3.48. The number of anilines is 3. The third-order valence-electron chi connectivity index (χ3n) is 5.15. The number of carbonyl (C=O) groups is 1. The van der Waals surface area contributed by atoms with Crippen molar-refractivity contribution in [1.29, 1.82) is 0 Å². The third kappa shape index (κ3) is 2.85. The van der Waals surface area contributed by atoms with Crippen molar-refractivity contribution in [2.45, 2.75) is 25.9 Å². The summed E-state index contributed by atoms with van der Waals surface area (Å²) in [6.45, 7) is 2.78. The molecule has 2 aliphatic rings. The smallest absolute Gasteiger partial charge is 0.227 e. The zero-order valence-electron chi connectivity index (χ0n) is 15.4. The highest BCUT2D eigenvalue weighted by Crippen LogP contribution is 2.44. The van der Waals surface area contributed by atoms with Crippen molar-refractivity contribution in [2.24, 2.45) is 0 Å². The van der Waals surface area contributed by atoms with Gasteiger partial charge in [0.05, 0.1) is 0 Å². The van der Waals surface area contributed by atoms with Crippen molar-refractivity contribution in [1.82, 2.24) is 15.2 Å². The van der Waals surface area contributed by atoms with Gasteiger partial charge in [-0.25, -0.2) is 4.98 Å². The van der Waals surface area contributed by atoms with Crippen molar-refractivity contribution in [3.63, 3.8) is 0 Å². The maximum atomic E-state index is 12.1. The van der Waals surface area contributed by atoms with Gasteiger partial charge in [0, 0.05) is 53.8 Å². The minimum atomic E-state index is -0.127. The summed E-state index contributed by atoms with van der Waals surface area (Å²) in [5.74, 6) is 2.29. The molecule has 1 atom stereocenters. The van der Waals surface area contributed by atoms with Gasteiger partial charge in [-0.05, 0) is 43.7 Å². The molecule has 7 heteroatoms. The Labute approximate surface area is 162 Å². The summed E-state index contributed by atoms with van der Waals surface area (Å²) in [6, 6.07) is 11.6. The van der Waals surface area contributed by atoms with Crippen LogP contribution in [0.4, 0.5) is 17.3 Å². The van der Waals surface area contributed by atoms with Crippen LogP contribution in [0, 0.1) is 0 Å². The number of hydrogen-bond donors (Lipinski definition) is 1. The Balaban J connectivity index is 1.49. The number of pyridine rings is 1. The highest BCUT2D eigenvalue weighted by atomic mass is 16.5.